The van der Waals surface area contributed by atoms with Crippen LogP contribution >= 0.6 is 0 Å². The average Bonchev–Trinajstić information content (AvgIpc) is 3.07. The van der Waals surface area contributed by atoms with E-state index in [2.05, 4.69) is 6.07 Å². The van der Waals surface area contributed by atoms with Crippen molar-refractivity contribution >= 4 is 9.84 Å². The number of rotatable bonds is 5. The van der Waals surface area contributed by atoms with Crippen LogP contribution in [0.4, 0.5) is 4.39 Å². The molecule has 20 heavy (non-hydrogen) atoms. The fourth-order valence-electron chi connectivity index (χ4n) is 2.78. The van der Waals surface area contributed by atoms with Gasteiger partial charge in [-0.05, 0) is 24.6 Å². The van der Waals surface area contributed by atoms with Crippen LogP contribution in [-0.4, -0.2) is 33.1 Å². The SMILES string of the molecule is CCOC[C@]1(C#N)[C@H](c2ccc(F)cc2)[C@@H]1S(C)(=O)=O. The fraction of sp³-hybridized carbons (Fsp3) is 0.500. The van der Waals surface area contributed by atoms with Crippen molar-refractivity contribution in [3.8, 4) is 6.07 Å². The van der Waals surface area contributed by atoms with E-state index >= 15 is 0 Å². The lowest BCUT2D eigenvalue weighted by Gasteiger charge is -2.08. The van der Waals surface area contributed by atoms with E-state index in [9.17, 15) is 18.1 Å². The summed E-state index contributed by atoms with van der Waals surface area (Å²) in [6, 6.07) is 7.72. The molecule has 108 valence electrons. The van der Waals surface area contributed by atoms with Crippen molar-refractivity contribution in [1.29, 1.82) is 5.26 Å². The lowest BCUT2D eigenvalue weighted by molar-refractivity contribution is 0.117. The minimum Gasteiger partial charge on any atom is -0.380 e. The van der Waals surface area contributed by atoms with Gasteiger partial charge in [0, 0.05) is 18.8 Å². The van der Waals surface area contributed by atoms with Gasteiger partial charge in [-0.15, -0.1) is 0 Å². The normalized spacial score (nSPS) is 28.9. The summed E-state index contributed by atoms with van der Waals surface area (Å²) in [6.45, 7) is 2.27. The molecule has 0 spiro atoms. The van der Waals surface area contributed by atoms with E-state index in [-0.39, 0.29) is 6.61 Å². The lowest BCUT2D eigenvalue weighted by atomic mass is 10.0. The zero-order chi connectivity index (χ0) is 15.0. The molecule has 0 unspecified atom stereocenters. The number of nitriles is 1. The van der Waals surface area contributed by atoms with E-state index in [1.54, 1.807) is 6.92 Å². The molecule has 3 atom stereocenters. The summed E-state index contributed by atoms with van der Waals surface area (Å²) < 4.78 is 42.1. The number of halogens is 1. The van der Waals surface area contributed by atoms with Crippen molar-refractivity contribution in [2.45, 2.75) is 18.1 Å². The molecule has 4 nitrogen and oxygen atoms in total. The first kappa shape index (κ1) is 14.9. The zero-order valence-electron chi connectivity index (χ0n) is 11.3. The Labute approximate surface area is 118 Å². The van der Waals surface area contributed by atoms with Gasteiger partial charge < -0.3 is 4.74 Å². The van der Waals surface area contributed by atoms with Crippen LogP contribution in [0.2, 0.25) is 0 Å². The van der Waals surface area contributed by atoms with Crippen molar-refractivity contribution in [3.05, 3.63) is 35.6 Å². The average molecular weight is 297 g/mol. The highest BCUT2D eigenvalue weighted by atomic mass is 32.2. The first-order valence-corrected chi connectivity index (χ1v) is 8.25. The van der Waals surface area contributed by atoms with Gasteiger partial charge in [-0.1, -0.05) is 12.1 Å². The second-order valence-electron chi connectivity index (χ2n) is 5.07. The van der Waals surface area contributed by atoms with Crippen LogP contribution in [0.15, 0.2) is 24.3 Å². The quantitative estimate of drug-likeness (QED) is 0.832. The fourth-order valence-corrected chi connectivity index (χ4v) is 4.63. The third-order valence-electron chi connectivity index (χ3n) is 3.70. The molecule has 0 bridgehead atoms. The minimum atomic E-state index is -3.38. The maximum absolute atomic E-state index is 13.0. The molecular weight excluding hydrogens is 281 g/mol. The van der Waals surface area contributed by atoms with Crippen LogP contribution in [0, 0.1) is 22.6 Å². The van der Waals surface area contributed by atoms with Crippen LogP contribution in [0.5, 0.6) is 0 Å². The van der Waals surface area contributed by atoms with Gasteiger partial charge >= 0.3 is 0 Å². The van der Waals surface area contributed by atoms with Crippen LogP contribution in [0.25, 0.3) is 0 Å². The van der Waals surface area contributed by atoms with E-state index in [1.165, 1.54) is 24.3 Å². The molecule has 6 heteroatoms. The maximum Gasteiger partial charge on any atom is 0.152 e. The number of benzene rings is 1. The third kappa shape index (κ3) is 2.43. The second-order valence-corrected chi connectivity index (χ2v) is 7.24. The van der Waals surface area contributed by atoms with E-state index in [0.717, 1.165) is 6.26 Å². The molecular formula is C14H16FNO3S. The molecule has 0 aliphatic heterocycles. The highest BCUT2D eigenvalue weighted by Gasteiger charge is 2.71. The van der Waals surface area contributed by atoms with E-state index in [1.807, 2.05) is 0 Å². The third-order valence-corrected chi connectivity index (χ3v) is 5.32. The van der Waals surface area contributed by atoms with Gasteiger partial charge in [0.15, 0.2) is 9.84 Å². The Morgan fingerprint density at radius 3 is 2.45 bits per heavy atom. The summed E-state index contributed by atoms with van der Waals surface area (Å²) in [5, 5.41) is 8.64. The molecule has 2 rings (SSSR count). The number of nitrogens with zero attached hydrogens (tertiary/aromatic N) is 1. The van der Waals surface area contributed by atoms with Crippen molar-refractivity contribution in [2.24, 2.45) is 5.41 Å². The molecule has 1 aliphatic rings. The van der Waals surface area contributed by atoms with E-state index < -0.39 is 32.2 Å². The minimum absolute atomic E-state index is 0.0692. The Morgan fingerprint density at radius 2 is 2.00 bits per heavy atom. The Kier molecular flexibility index (Phi) is 3.85. The molecule has 1 aromatic rings. The van der Waals surface area contributed by atoms with Gasteiger partial charge in [-0.3, -0.25) is 0 Å². The highest BCUT2D eigenvalue weighted by Crippen LogP contribution is 2.62. The first-order chi connectivity index (χ1) is 9.36. The molecule has 0 saturated heterocycles. The summed E-state index contributed by atoms with van der Waals surface area (Å²) in [5.74, 6) is -0.854. The summed E-state index contributed by atoms with van der Waals surface area (Å²) >= 11 is 0. The van der Waals surface area contributed by atoms with Gasteiger partial charge in [0.1, 0.15) is 11.2 Å². The van der Waals surface area contributed by atoms with E-state index in [0.29, 0.717) is 12.2 Å². The zero-order valence-corrected chi connectivity index (χ0v) is 12.2. The summed E-state index contributed by atoms with van der Waals surface area (Å²) in [6.07, 6.45) is 1.12. The van der Waals surface area contributed by atoms with Crippen molar-refractivity contribution in [1.82, 2.24) is 0 Å². The highest BCUT2D eigenvalue weighted by molar-refractivity contribution is 7.91. The number of ether oxygens (including phenoxy) is 1. The predicted octanol–water partition coefficient (Wildman–Crippen LogP) is 1.88. The summed E-state index contributed by atoms with van der Waals surface area (Å²) in [7, 11) is -3.38. The van der Waals surface area contributed by atoms with Crippen LogP contribution in [-0.2, 0) is 14.6 Å². The van der Waals surface area contributed by atoms with Crippen molar-refractivity contribution in [2.75, 3.05) is 19.5 Å². The summed E-state index contributed by atoms with van der Waals surface area (Å²) in [4.78, 5) is 0. The molecule has 1 saturated carbocycles. The number of hydrogen-bond donors (Lipinski definition) is 0. The molecule has 1 fully saturated rings. The van der Waals surface area contributed by atoms with Crippen LogP contribution < -0.4 is 0 Å². The molecule has 0 radical (unpaired) electrons. The lowest BCUT2D eigenvalue weighted by Crippen LogP contribution is -2.18. The van der Waals surface area contributed by atoms with Crippen molar-refractivity contribution < 1.29 is 17.5 Å². The molecule has 1 aliphatic carbocycles. The van der Waals surface area contributed by atoms with Gasteiger partial charge in [-0.2, -0.15) is 5.26 Å². The summed E-state index contributed by atoms with van der Waals surface area (Å²) in [5.41, 5.74) is -0.412. The molecule has 0 N–H and O–H groups in total. The Hall–Kier alpha value is -1.45. The molecule has 0 amide bonds. The van der Waals surface area contributed by atoms with Crippen LogP contribution in [0.3, 0.4) is 0 Å². The van der Waals surface area contributed by atoms with Crippen molar-refractivity contribution in [3.63, 3.8) is 0 Å². The van der Waals surface area contributed by atoms with Gasteiger partial charge in [0.2, 0.25) is 0 Å². The second kappa shape index (κ2) is 5.15. The predicted molar refractivity (Wildman–Crippen MR) is 72.3 cm³/mol. The number of hydrogen-bond acceptors (Lipinski definition) is 4. The van der Waals surface area contributed by atoms with Crippen LogP contribution in [0.1, 0.15) is 18.4 Å². The molecule has 1 aromatic carbocycles. The van der Waals surface area contributed by atoms with Gasteiger partial charge in [-0.25, -0.2) is 12.8 Å². The smallest absolute Gasteiger partial charge is 0.152 e. The molecule has 0 aromatic heterocycles. The Morgan fingerprint density at radius 1 is 1.40 bits per heavy atom. The largest absolute Gasteiger partial charge is 0.380 e. The number of sulfone groups is 1. The standard InChI is InChI=1S/C14H16FNO3S/c1-3-19-9-14(8-16)12(13(14)20(2,17)18)10-4-6-11(15)7-5-10/h4-7,12-13H,3,9H2,1-2H3/t12-,13+,14-/m1/s1. The Balaban J connectivity index is 2.40. The monoisotopic (exact) mass is 297 g/mol. The Bertz CT molecular complexity index is 635. The van der Waals surface area contributed by atoms with Gasteiger partial charge in [0.05, 0.1) is 17.9 Å². The molecule has 0 heterocycles. The first-order valence-electron chi connectivity index (χ1n) is 6.30. The van der Waals surface area contributed by atoms with E-state index in [4.69, 9.17) is 4.74 Å². The topological polar surface area (TPSA) is 67.2 Å². The van der Waals surface area contributed by atoms with Gasteiger partial charge in [0.25, 0.3) is 0 Å². The maximum atomic E-state index is 13.0.